The van der Waals surface area contributed by atoms with Crippen molar-refractivity contribution in [2.75, 3.05) is 25.1 Å². The smallest absolute Gasteiger partial charge is 0.374 e. The number of halogens is 1. The SMILES string of the molecule is C=C(O/N=C(\C(=O)NC1C(=O)N2C(C(=O)O)=C(C[n+]3cccc4c3ccn4CCCNC)CSC12)c1nc(N)sc1Cl)C(=O)O. The monoisotopic (exact) mass is 675 g/mol. The molecule has 0 bridgehead atoms. The summed E-state index contributed by atoms with van der Waals surface area (Å²) in [6.45, 7) is 5.13. The molecule has 0 aromatic carbocycles. The molecule has 0 aliphatic carbocycles. The summed E-state index contributed by atoms with van der Waals surface area (Å²) in [5, 5.41) is 27.7. The molecule has 1 fully saturated rings. The molecule has 5 rings (SSSR count). The van der Waals surface area contributed by atoms with Gasteiger partial charge in [-0.2, -0.15) is 4.57 Å². The van der Waals surface area contributed by atoms with Gasteiger partial charge in [-0.25, -0.2) is 14.6 Å². The van der Waals surface area contributed by atoms with E-state index >= 15 is 0 Å². The third kappa shape index (κ3) is 6.37. The number of amides is 2. The van der Waals surface area contributed by atoms with Gasteiger partial charge >= 0.3 is 11.9 Å². The zero-order valence-corrected chi connectivity index (χ0v) is 26.1. The lowest BCUT2D eigenvalue weighted by molar-refractivity contribution is -0.663. The molecule has 6 N–H and O–H groups in total. The summed E-state index contributed by atoms with van der Waals surface area (Å²) in [6, 6.07) is 4.76. The van der Waals surface area contributed by atoms with E-state index in [0.29, 0.717) is 5.57 Å². The molecule has 15 nitrogen and oxygen atoms in total. The molecule has 2 amide bonds. The van der Waals surface area contributed by atoms with Gasteiger partial charge < -0.3 is 36.0 Å². The zero-order valence-electron chi connectivity index (χ0n) is 23.7. The molecule has 236 valence electrons. The summed E-state index contributed by atoms with van der Waals surface area (Å²) < 4.78 is 4.06. The number of carbonyl (C=O) groups excluding carboxylic acids is 2. The zero-order chi connectivity index (χ0) is 32.4. The van der Waals surface area contributed by atoms with Gasteiger partial charge in [0, 0.05) is 36.2 Å². The van der Waals surface area contributed by atoms with Crippen molar-refractivity contribution in [3.63, 3.8) is 0 Å². The van der Waals surface area contributed by atoms with Crippen molar-refractivity contribution in [3.8, 4) is 0 Å². The summed E-state index contributed by atoms with van der Waals surface area (Å²) in [5.41, 5.74) is 7.28. The van der Waals surface area contributed by atoms with Gasteiger partial charge in [-0.15, -0.1) is 11.8 Å². The van der Waals surface area contributed by atoms with Crippen LogP contribution in [-0.4, -0.2) is 84.9 Å². The number of carboxylic acid groups (broad SMARTS) is 2. The number of β-lactam (4-membered cyclic amide) rings is 1. The normalized spacial score (nSPS) is 18.0. The van der Waals surface area contributed by atoms with Crippen molar-refractivity contribution in [2.45, 2.75) is 30.9 Å². The van der Waals surface area contributed by atoms with Gasteiger partial charge in [-0.1, -0.05) is 28.1 Å². The van der Waals surface area contributed by atoms with E-state index < -0.39 is 46.6 Å². The molecular weight excluding hydrogens is 648 g/mol. The molecule has 45 heavy (non-hydrogen) atoms. The summed E-state index contributed by atoms with van der Waals surface area (Å²) >= 11 is 8.29. The van der Waals surface area contributed by atoms with Crippen LogP contribution >= 0.6 is 34.7 Å². The highest BCUT2D eigenvalue weighted by atomic mass is 35.5. The number of hydrogen-bond donors (Lipinski definition) is 5. The molecule has 5 heterocycles. The molecule has 2 unspecified atom stereocenters. The second-order valence-electron chi connectivity index (χ2n) is 9.92. The van der Waals surface area contributed by atoms with Crippen LogP contribution < -0.4 is 20.9 Å². The van der Waals surface area contributed by atoms with Crippen LogP contribution in [0.3, 0.4) is 0 Å². The van der Waals surface area contributed by atoms with Crippen LogP contribution in [0.25, 0.3) is 11.0 Å². The van der Waals surface area contributed by atoms with Gasteiger partial charge in [-0.05, 0) is 32.7 Å². The summed E-state index contributed by atoms with van der Waals surface area (Å²) in [6.07, 6.45) is 4.80. The Morgan fingerprint density at radius 3 is 2.78 bits per heavy atom. The Kier molecular flexibility index (Phi) is 9.42. The first kappa shape index (κ1) is 32.0. The summed E-state index contributed by atoms with van der Waals surface area (Å²) in [7, 11) is 1.90. The predicted molar refractivity (Wildman–Crippen MR) is 166 cm³/mol. The van der Waals surface area contributed by atoms with Crippen LogP contribution in [0.1, 0.15) is 12.1 Å². The number of nitrogens with two attached hydrogens (primary N) is 1. The van der Waals surface area contributed by atoms with E-state index in [1.54, 1.807) is 0 Å². The fourth-order valence-electron chi connectivity index (χ4n) is 4.99. The molecular formula is C27H28ClN8O7S2+. The van der Waals surface area contributed by atoms with Gasteiger partial charge in [0.2, 0.25) is 11.3 Å². The number of nitrogens with one attached hydrogen (secondary N) is 2. The third-order valence-electron chi connectivity index (χ3n) is 7.06. The first-order valence-electron chi connectivity index (χ1n) is 13.4. The Balaban J connectivity index is 1.37. The van der Waals surface area contributed by atoms with E-state index in [2.05, 4.69) is 31.9 Å². The fourth-order valence-corrected chi connectivity index (χ4v) is 7.25. The minimum atomic E-state index is -1.52. The van der Waals surface area contributed by atoms with Crippen LogP contribution in [-0.2, 0) is 37.1 Å². The maximum absolute atomic E-state index is 13.3. The first-order valence-corrected chi connectivity index (χ1v) is 15.7. The average molecular weight is 676 g/mol. The van der Waals surface area contributed by atoms with Crippen molar-refractivity contribution >= 4 is 80.3 Å². The fraction of sp³-hybridized carbons (Fsp3) is 0.296. The van der Waals surface area contributed by atoms with Gasteiger partial charge in [0.1, 0.15) is 32.7 Å². The first-order chi connectivity index (χ1) is 21.5. The Morgan fingerprint density at radius 2 is 2.11 bits per heavy atom. The Hall–Kier alpha value is -4.45. The molecule has 2 atom stereocenters. The Morgan fingerprint density at radius 1 is 1.33 bits per heavy atom. The predicted octanol–water partition coefficient (Wildman–Crippen LogP) is 0.988. The molecule has 0 spiro atoms. The van der Waals surface area contributed by atoms with Gasteiger partial charge in [0.15, 0.2) is 23.6 Å². The molecule has 0 radical (unpaired) electrons. The lowest BCUT2D eigenvalue weighted by Crippen LogP contribution is -2.71. The number of aryl methyl sites for hydroxylation is 1. The van der Waals surface area contributed by atoms with Gasteiger partial charge in [0.05, 0.1) is 0 Å². The summed E-state index contributed by atoms with van der Waals surface area (Å²) in [5.74, 6) is -4.90. The lowest BCUT2D eigenvalue weighted by atomic mass is 10.0. The van der Waals surface area contributed by atoms with Crippen LogP contribution in [0.2, 0.25) is 4.34 Å². The van der Waals surface area contributed by atoms with E-state index in [9.17, 15) is 24.3 Å². The highest BCUT2D eigenvalue weighted by molar-refractivity contribution is 8.00. The number of thioether (sulfide) groups is 1. The standard InChI is InChI=1S/C27H27ClN8O7S2/c1-13(25(39)40)43-33-18(17-21(28)45-27(29)32-17)22(37)31-19-23(38)36-20(26(41)42)14(12-44-24(19)36)11-35-8-3-5-15-16(35)6-10-34(15)9-4-7-30-2/h3,5-6,8,10,19,24,30H,1,4,7,9,11-12H2,2H3,(H4-,29,31,32,37,39,40,41,42)/p+1/b33-18-. The number of aromatic nitrogens is 3. The molecule has 18 heteroatoms. The van der Waals surface area contributed by atoms with Crippen LogP contribution in [0, 0.1) is 0 Å². The quantitative estimate of drug-likeness (QED) is 0.0328. The second kappa shape index (κ2) is 13.3. The van der Waals surface area contributed by atoms with Crippen molar-refractivity contribution in [2.24, 2.45) is 5.16 Å². The van der Waals surface area contributed by atoms with E-state index in [1.807, 2.05) is 42.2 Å². The highest BCUT2D eigenvalue weighted by Crippen LogP contribution is 2.40. The van der Waals surface area contributed by atoms with E-state index in [1.165, 1.54) is 11.8 Å². The number of pyridine rings is 1. The molecule has 3 aromatic rings. The third-order valence-corrected chi connectivity index (χ3v) is 9.49. The minimum Gasteiger partial charge on any atom is -0.477 e. The number of rotatable bonds is 13. The molecule has 0 saturated carbocycles. The number of fused-ring (bicyclic) bond motifs is 2. The lowest BCUT2D eigenvalue weighted by Gasteiger charge is -2.49. The average Bonchev–Trinajstić information content (AvgIpc) is 3.57. The topological polar surface area (TPSA) is 205 Å². The van der Waals surface area contributed by atoms with Crippen molar-refractivity contribution < 1.29 is 38.8 Å². The number of carboxylic acids is 2. The van der Waals surface area contributed by atoms with Crippen molar-refractivity contribution in [3.05, 3.63) is 64.2 Å². The Labute approximate surface area is 269 Å². The largest absolute Gasteiger partial charge is 0.477 e. The number of nitrogens with zero attached hydrogens (tertiary/aromatic N) is 5. The number of nitrogen functional groups attached to an aromatic ring is 1. The second-order valence-corrected chi connectivity index (χ2v) is 12.7. The van der Waals surface area contributed by atoms with Gasteiger partial charge in [-0.3, -0.25) is 14.5 Å². The molecule has 2 aliphatic rings. The number of carbonyl (C=O) groups is 4. The van der Waals surface area contributed by atoms with Crippen LogP contribution in [0.4, 0.5) is 5.13 Å². The van der Waals surface area contributed by atoms with Crippen LogP contribution in [0.5, 0.6) is 0 Å². The minimum absolute atomic E-state index is 0.00369. The molecule has 3 aromatic heterocycles. The summed E-state index contributed by atoms with van der Waals surface area (Å²) in [4.78, 5) is 60.1. The number of oxime groups is 1. The van der Waals surface area contributed by atoms with E-state index in [4.69, 9.17) is 27.3 Å². The Bertz CT molecular complexity index is 1790. The number of hydrogen-bond acceptors (Lipinski definition) is 11. The van der Waals surface area contributed by atoms with Crippen molar-refractivity contribution in [1.29, 1.82) is 0 Å². The highest BCUT2D eigenvalue weighted by Gasteiger charge is 2.55. The van der Waals surface area contributed by atoms with Crippen molar-refractivity contribution in [1.82, 2.24) is 25.1 Å². The maximum atomic E-state index is 13.3. The molecule has 1 saturated heterocycles. The number of aliphatic carboxylic acids is 2. The van der Waals surface area contributed by atoms with Crippen LogP contribution in [0.15, 0.2) is 59.4 Å². The van der Waals surface area contributed by atoms with E-state index in [-0.39, 0.29) is 33.2 Å². The molecule has 2 aliphatic heterocycles. The maximum Gasteiger partial charge on any atom is 0.374 e. The van der Waals surface area contributed by atoms with Gasteiger partial charge in [0.25, 0.3) is 11.8 Å². The number of thiazole rings is 1. The van der Waals surface area contributed by atoms with E-state index in [0.717, 1.165) is 46.8 Å². The number of anilines is 1.